The number of benzene rings is 2. The van der Waals surface area contributed by atoms with E-state index >= 15 is 0 Å². The number of ether oxygens (including phenoxy) is 4. The molecule has 1 aliphatic heterocycles. The van der Waals surface area contributed by atoms with E-state index in [1.54, 1.807) is 30.1 Å². The lowest BCUT2D eigenvalue weighted by Gasteiger charge is -2.30. The van der Waals surface area contributed by atoms with Gasteiger partial charge in [-0.25, -0.2) is 14.6 Å². The molecule has 11 heteroatoms. The van der Waals surface area contributed by atoms with Crippen molar-refractivity contribution in [3.05, 3.63) is 64.7 Å². The summed E-state index contributed by atoms with van der Waals surface area (Å²) < 4.78 is 26.3. The molecule has 0 saturated carbocycles. The molecule has 190 valence electrons. The van der Waals surface area contributed by atoms with Gasteiger partial charge in [0.2, 0.25) is 0 Å². The summed E-state index contributed by atoms with van der Waals surface area (Å²) in [6.45, 7) is 4.24. The molecule has 0 aliphatic carbocycles. The molecule has 0 spiro atoms. The van der Waals surface area contributed by atoms with Gasteiger partial charge in [0.1, 0.15) is 29.5 Å². The summed E-state index contributed by atoms with van der Waals surface area (Å²) in [5.41, 5.74) is 8.75. The first-order valence-electron chi connectivity index (χ1n) is 11.7. The summed E-state index contributed by atoms with van der Waals surface area (Å²) in [5, 5.41) is 16.8. The molecule has 0 bridgehead atoms. The number of nitrogens with two attached hydrogens (primary N) is 1. The number of nitrogens with zero attached hydrogens (tertiary/aromatic N) is 4. The Labute approximate surface area is 212 Å². The maximum Gasteiger partial charge on any atom is 0.183 e. The zero-order valence-electron chi connectivity index (χ0n) is 20.3. The second-order valence-corrected chi connectivity index (χ2v) is 9.78. The lowest BCUT2D eigenvalue weighted by molar-refractivity contribution is -0.185. The summed E-state index contributed by atoms with van der Waals surface area (Å²) in [4.78, 5) is 9.16. The Kier molecular flexibility index (Phi) is 7.28. The molecule has 5 rings (SSSR count). The molecule has 4 aromatic rings. The van der Waals surface area contributed by atoms with Crippen LogP contribution in [0.3, 0.4) is 0 Å². The van der Waals surface area contributed by atoms with Gasteiger partial charge in [0.05, 0.1) is 48.2 Å². The van der Waals surface area contributed by atoms with Crippen LogP contribution in [0, 0.1) is 13.8 Å². The molecule has 2 aromatic carbocycles. The van der Waals surface area contributed by atoms with Crippen LogP contribution in [0.1, 0.15) is 34.6 Å². The van der Waals surface area contributed by atoms with Crippen LogP contribution < -0.4 is 10.5 Å². The quantitative estimate of drug-likeness (QED) is 0.425. The number of methoxy groups -OCH3 is 1. The van der Waals surface area contributed by atoms with Gasteiger partial charge < -0.3 is 29.8 Å². The Morgan fingerprint density at radius 1 is 1.08 bits per heavy atom. The summed E-state index contributed by atoms with van der Waals surface area (Å²) in [6.07, 6.45) is -2.58. The first-order valence-corrected chi connectivity index (χ1v) is 12.5. The molecular weight excluding hydrogens is 482 g/mol. The number of hydrogen-bond donors (Lipinski definition) is 2. The largest absolute Gasteiger partial charge is 0.494 e. The number of aryl methyl sites for hydroxylation is 2. The minimum Gasteiger partial charge on any atom is -0.494 e. The van der Waals surface area contributed by atoms with Crippen molar-refractivity contribution in [2.45, 2.75) is 38.4 Å². The van der Waals surface area contributed by atoms with Crippen LogP contribution in [0.15, 0.2) is 42.5 Å². The van der Waals surface area contributed by atoms with E-state index in [9.17, 15) is 5.11 Å². The number of thiazole rings is 1. The number of rotatable bonds is 4. The van der Waals surface area contributed by atoms with Gasteiger partial charge >= 0.3 is 0 Å². The molecule has 0 amide bonds. The first-order chi connectivity index (χ1) is 17.4. The zero-order chi connectivity index (χ0) is 25.2. The van der Waals surface area contributed by atoms with Crippen LogP contribution in [0.25, 0.3) is 15.9 Å². The highest BCUT2D eigenvalue weighted by Gasteiger charge is 2.34. The van der Waals surface area contributed by atoms with Gasteiger partial charge in [-0.3, -0.25) is 0 Å². The van der Waals surface area contributed by atoms with Gasteiger partial charge in [-0.1, -0.05) is 30.3 Å². The van der Waals surface area contributed by atoms with Gasteiger partial charge in [-0.15, -0.1) is 11.3 Å². The van der Waals surface area contributed by atoms with Crippen LogP contribution in [0.2, 0.25) is 0 Å². The van der Waals surface area contributed by atoms with Crippen molar-refractivity contribution >= 4 is 21.6 Å². The Hall–Kier alpha value is -2.93. The van der Waals surface area contributed by atoms with Crippen molar-refractivity contribution in [3.8, 4) is 11.4 Å². The molecule has 3 heterocycles. The van der Waals surface area contributed by atoms with Crippen molar-refractivity contribution < 1.29 is 24.1 Å². The van der Waals surface area contributed by atoms with Crippen LogP contribution >= 0.6 is 11.3 Å². The van der Waals surface area contributed by atoms with Gasteiger partial charge in [-0.05, 0) is 19.9 Å². The number of hydrogen-bond acceptors (Lipinski definition) is 10. The molecule has 3 N–H and O–H groups in total. The van der Waals surface area contributed by atoms with E-state index in [4.69, 9.17) is 24.7 Å². The average molecular weight is 512 g/mol. The Morgan fingerprint density at radius 3 is 2.64 bits per heavy atom. The highest BCUT2D eigenvalue weighted by atomic mass is 32.1. The van der Waals surface area contributed by atoms with E-state index in [0.29, 0.717) is 23.1 Å². The van der Waals surface area contributed by atoms with E-state index in [2.05, 4.69) is 15.1 Å². The molecule has 36 heavy (non-hydrogen) atoms. The number of aliphatic hydroxyl groups excluding tert-OH is 1. The van der Waals surface area contributed by atoms with Crippen molar-refractivity contribution in [3.63, 3.8) is 0 Å². The fourth-order valence-corrected chi connectivity index (χ4v) is 5.05. The normalized spacial score (nSPS) is 23.6. The second-order valence-electron chi connectivity index (χ2n) is 8.55. The topological polar surface area (TPSA) is 127 Å². The Morgan fingerprint density at radius 2 is 1.86 bits per heavy atom. The fraction of sp³-hybridized carbons (Fsp3) is 0.400. The van der Waals surface area contributed by atoms with E-state index in [1.165, 1.54) is 0 Å². The fourth-order valence-electron chi connectivity index (χ4n) is 4.21. The lowest BCUT2D eigenvalue weighted by atomic mass is 10.1. The van der Waals surface area contributed by atoms with Crippen LogP contribution in [-0.2, 0) is 14.2 Å². The lowest BCUT2D eigenvalue weighted by Crippen LogP contribution is -2.45. The summed E-state index contributed by atoms with van der Waals surface area (Å²) in [7, 11) is 1.59. The number of aliphatic hydroxyl groups is 1. The summed E-state index contributed by atoms with van der Waals surface area (Å²) in [5.74, 6) is 1.51. The predicted octanol–water partition coefficient (Wildman–Crippen LogP) is 2.99. The van der Waals surface area contributed by atoms with Crippen LogP contribution in [-0.4, -0.2) is 63.9 Å². The molecule has 1 fully saturated rings. The SMILES string of the molecule is COc1cc2nc(C)sc2cc1-n1nc(C)nc1C1OCCOC(c2ccccc2)OCC(N)C1O. The molecule has 4 unspecified atom stereocenters. The van der Waals surface area contributed by atoms with Crippen molar-refractivity contribution in [1.29, 1.82) is 0 Å². The van der Waals surface area contributed by atoms with Crippen molar-refractivity contribution in [2.75, 3.05) is 26.9 Å². The molecule has 4 atom stereocenters. The van der Waals surface area contributed by atoms with Crippen LogP contribution in [0.4, 0.5) is 0 Å². The van der Waals surface area contributed by atoms with Crippen LogP contribution in [0.5, 0.6) is 5.75 Å². The molecule has 2 aromatic heterocycles. The smallest absolute Gasteiger partial charge is 0.183 e. The minimum atomic E-state index is -1.11. The maximum absolute atomic E-state index is 11.3. The van der Waals surface area contributed by atoms with Crippen molar-refractivity contribution in [2.24, 2.45) is 5.73 Å². The van der Waals surface area contributed by atoms with E-state index in [-0.39, 0.29) is 19.8 Å². The molecule has 0 radical (unpaired) electrons. The monoisotopic (exact) mass is 511 g/mol. The van der Waals surface area contributed by atoms with E-state index < -0.39 is 24.5 Å². The third-order valence-corrected chi connectivity index (χ3v) is 6.86. The number of fused-ring (bicyclic) bond motifs is 1. The molecule has 1 aliphatic rings. The number of aromatic nitrogens is 4. The zero-order valence-corrected chi connectivity index (χ0v) is 21.1. The third kappa shape index (κ3) is 4.99. The highest BCUT2D eigenvalue weighted by Crippen LogP contribution is 2.34. The van der Waals surface area contributed by atoms with Gasteiger partial charge in [0, 0.05) is 11.6 Å². The molecule has 10 nitrogen and oxygen atoms in total. The van der Waals surface area contributed by atoms with Gasteiger partial charge in [0.25, 0.3) is 0 Å². The maximum atomic E-state index is 11.3. The molecule has 1 saturated heterocycles. The standard InChI is InChI=1S/C25H29N5O5S/c1-14-27-24(30(29-14)19-12-21-18(11-20(19)32-3)28-15(2)36-21)23-22(31)17(26)13-35-25(34-10-9-33-23)16-7-5-4-6-8-16/h4-8,11-12,17,22-23,25,31H,9-10,13,26H2,1-3H3. The molecular formula is C25H29N5O5S. The van der Waals surface area contributed by atoms with E-state index in [1.807, 2.05) is 49.4 Å². The summed E-state index contributed by atoms with van der Waals surface area (Å²) in [6, 6.07) is 12.7. The second kappa shape index (κ2) is 10.6. The van der Waals surface area contributed by atoms with Gasteiger partial charge in [0.15, 0.2) is 12.1 Å². The van der Waals surface area contributed by atoms with Gasteiger partial charge in [-0.2, -0.15) is 5.10 Å². The first kappa shape index (κ1) is 24.8. The summed E-state index contributed by atoms with van der Waals surface area (Å²) >= 11 is 1.58. The predicted molar refractivity (Wildman–Crippen MR) is 134 cm³/mol. The Bertz CT molecular complexity index is 1330. The van der Waals surface area contributed by atoms with Crippen molar-refractivity contribution in [1.82, 2.24) is 19.7 Å². The third-order valence-electron chi connectivity index (χ3n) is 5.93. The highest BCUT2D eigenvalue weighted by molar-refractivity contribution is 7.18. The Balaban J connectivity index is 1.47. The van der Waals surface area contributed by atoms with E-state index in [0.717, 1.165) is 20.8 Å². The average Bonchev–Trinajstić information content (AvgIpc) is 3.45. The minimum absolute atomic E-state index is 0.0587.